The first kappa shape index (κ1) is 37.1. The molecule has 0 saturated carbocycles. The monoisotopic (exact) mass is 661 g/mol. The van der Waals surface area contributed by atoms with E-state index in [1.807, 2.05) is 67.6 Å². The van der Waals surface area contributed by atoms with Crippen LogP contribution in [0.25, 0.3) is 0 Å². The third kappa shape index (κ3) is 12.4. The van der Waals surface area contributed by atoms with Crippen LogP contribution < -0.4 is 15.4 Å². The van der Waals surface area contributed by atoms with Crippen LogP contribution in [0.3, 0.4) is 0 Å². The normalized spacial score (nSPS) is 12.0. The van der Waals surface area contributed by atoms with Gasteiger partial charge in [-0.3, -0.25) is 9.59 Å². The number of unbranched alkanes of at least 4 members (excludes halogenated alkanes) is 2. The van der Waals surface area contributed by atoms with E-state index in [4.69, 9.17) is 14.9 Å². The molecule has 0 aromatic heterocycles. The van der Waals surface area contributed by atoms with E-state index in [2.05, 4.69) is 10.6 Å². The summed E-state index contributed by atoms with van der Waals surface area (Å²) in [6.07, 6.45) is 0.938. The molecular formula is C36H43N3O9. The largest absolute Gasteiger partial charge is 0.481 e. The molecule has 48 heavy (non-hydrogen) atoms. The highest BCUT2D eigenvalue weighted by Crippen LogP contribution is 2.24. The number of carbonyl (C=O) groups excluding carboxylic acids is 2. The number of benzene rings is 3. The van der Waals surface area contributed by atoms with E-state index < -0.39 is 36.1 Å². The Labute approximate surface area is 279 Å². The maximum Gasteiger partial charge on any atom is 0.356 e. The molecule has 3 rings (SSSR count). The molecule has 0 heterocycles. The lowest BCUT2D eigenvalue weighted by Gasteiger charge is -2.28. The Kier molecular flexibility index (Phi) is 14.9. The Bertz CT molecular complexity index is 1470. The summed E-state index contributed by atoms with van der Waals surface area (Å²) in [5.74, 6) is -4.94. The number of nitrogens with one attached hydrogen (secondary N) is 2. The van der Waals surface area contributed by atoms with E-state index >= 15 is 0 Å². The SMILES string of the molecule is CCCCCNC(=O)[C@H](Cc1ccc(OC(C(=O)O)C(=O)O)cc1)NC(=O)N(CCC(CC(=O)O)c1ccccc1)Cc1ccccc1. The van der Waals surface area contributed by atoms with Crippen molar-refractivity contribution in [3.63, 3.8) is 0 Å². The predicted octanol–water partition coefficient (Wildman–Crippen LogP) is 4.68. The third-order valence-electron chi connectivity index (χ3n) is 7.70. The maximum absolute atomic E-state index is 13.9. The van der Waals surface area contributed by atoms with Crippen LogP contribution in [0.4, 0.5) is 4.79 Å². The van der Waals surface area contributed by atoms with E-state index in [0.29, 0.717) is 18.5 Å². The quantitative estimate of drug-likeness (QED) is 0.0848. The maximum atomic E-state index is 13.9. The van der Waals surface area contributed by atoms with Crippen molar-refractivity contribution >= 4 is 29.8 Å². The molecule has 0 radical (unpaired) electrons. The molecular weight excluding hydrogens is 618 g/mol. The van der Waals surface area contributed by atoms with E-state index in [1.165, 1.54) is 12.1 Å². The van der Waals surface area contributed by atoms with Gasteiger partial charge in [0.05, 0.1) is 6.42 Å². The van der Waals surface area contributed by atoms with Gasteiger partial charge < -0.3 is 35.6 Å². The zero-order valence-corrected chi connectivity index (χ0v) is 26.9. The molecule has 3 aromatic carbocycles. The summed E-state index contributed by atoms with van der Waals surface area (Å²) in [5.41, 5.74) is 2.33. The van der Waals surface area contributed by atoms with Crippen LogP contribution in [0, 0.1) is 0 Å². The molecule has 5 N–H and O–H groups in total. The van der Waals surface area contributed by atoms with E-state index in [9.17, 15) is 29.1 Å². The van der Waals surface area contributed by atoms with Crippen molar-refractivity contribution in [3.05, 3.63) is 102 Å². The molecule has 12 nitrogen and oxygen atoms in total. The van der Waals surface area contributed by atoms with Crippen molar-refractivity contribution in [2.75, 3.05) is 13.1 Å². The Morgan fingerprint density at radius 2 is 1.42 bits per heavy atom. The first-order chi connectivity index (χ1) is 23.1. The van der Waals surface area contributed by atoms with Gasteiger partial charge in [-0.2, -0.15) is 0 Å². The Hall–Kier alpha value is -5.39. The molecule has 0 aliphatic carbocycles. The molecule has 3 aromatic rings. The van der Waals surface area contributed by atoms with Crippen LogP contribution in [0.2, 0.25) is 0 Å². The topological polar surface area (TPSA) is 183 Å². The number of carboxylic acids is 3. The summed E-state index contributed by atoms with van der Waals surface area (Å²) in [4.78, 5) is 63.0. The molecule has 0 fully saturated rings. The number of nitrogens with zero attached hydrogens (tertiary/aromatic N) is 1. The zero-order chi connectivity index (χ0) is 34.9. The molecule has 2 atom stereocenters. The van der Waals surface area contributed by atoms with Crippen molar-refractivity contribution < 1.29 is 44.0 Å². The van der Waals surface area contributed by atoms with E-state index in [0.717, 1.165) is 30.4 Å². The number of carbonyl (C=O) groups is 5. The van der Waals surface area contributed by atoms with Crippen molar-refractivity contribution in [1.82, 2.24) is 15.5 Å². The molecule has 0 bridgehead atoms. The van der Waals surface area contributed by atoms with Gasteiger partial charge >= 0.3 is 23.9 Å². The van der Waals surface area contributed by atoms with Crippen molar-refractivity contribution in [2.24, 2.45) is 0 Å². The molecule has 0 saturated heterocycles. The highest BCUT2D eigenvalue weighted by atomic mass is 16.5. The van der Waals surface area contributed by atoms with E-state index in [1.54, 1.807) is 17.0 Å². The van der Waals surface area contributed by atoms with Crippen LogP contribution in [-0.2, 0) is 32.1 Å². The number of carboxylic acid groups (broad SMARTS) is 3. The van der Waals surface area contributed by atoms with Gasteiger partial charge in [-0.1, -0.05) is 92.6 Å². The minimum absolute atomic E-state index is 0.0153. The van der Waals surface area contributed by atoms with Gasteiger partial charge in [-0.15, -0.1) is 0 Å². The first-order valence-corrected chi connectivity index (χ1v) is 15.9. The number of aliphatic carboxylic acids is 3. The summed E-state index contributed by atoms with van der Waals surface area (Å²) in [6, 6.07) is 23.1. The summed E-state index contributed by atoms with van der Waals surface area (Å²) < 4.78 is 5.08. The van der Waals surface area contributed by atoms with Crippen molar-refractivity contribution in [1.29, 1.82) is 0 Å². The number of hydrogen-bond acceptors (Lipinski definition) is 6. The number of hydrogen-bond donors (Lipinski definition) is 5. The Morgan fingerprint density at radius 1 is 0.792 bits per heavy atom. The smallest absolute Gasteiger partial charge is 0.356 e. The van der Waals surface area contributed by atoms with Crippen LogP contribution in [0.15, 0.2) is 84.9 Å². The molecule has 256 valence electrons. The van der Waals surface area contributed by atoms with Gasteiger partial charge in [0.25, 0.3) is 6.10 Å². The fourth-order valence-corrected chi connectivity index (χ4v) is 5.13. The average Bonchev–Trinajstić information content (AvgIpc) is 3.07. The standard InChI is InChI=1S/C36H43N3O9/c1-2-3-10-20-37-33(42)30(22-25-15-17-29(18-16-25)48-32(34(43)44)35(45)46)38-36(47)39(24-26-11-6-4-7-12-26)21-19-28(23-31(40)41)27-13-8-5-9-14-27/h4-9,11-18,28,30,32H,2-3,10,19-24H2,1H3,(H,37,42)(H,38,47)(H,40,41)(H,43,44)(H,45,46)/t28?,30-/m0/s1. The van der Waals surface area contributed by atoms with Gasteiger partial charge in [0.15, 0.2) is 0 Å². The molecule has 3 amide bonds. The first-order valence-electron chi connectivity index (χ1n) is 15.9. The van der Waals surface area contributed by atoms with Crippen molar-refractivity contribution in [2.45, 2.75) is 70.1 Å². The minimum atomic E-state index is -2.08. The third-order valence-corrected chi connectivity index (χ3v) is 7.70. The second-order valence-corrected chi connectivity index (χ2v) is 11.4. The lowest BCUT2D eigenvalue weighted by atomic mass is 9.92. The summed E-state index contributed by atoms with van der Waals surface area (Å²) >= 11 is 0. The number of rotatable bonds is 20. The van der Waals surface area contributed by atoms with Gasteiger partial charge in [-0.05, 0) is 47.6 Å². The minimum Gasteiger partial charge on any atom is -0.481 e. The van der Waals surface area contributed by atoms with Gasteiger partial charge in [0, 0.05) is 26.1 Å². The van der Waals surface area contributed by atoms with Crippen molar-refractivity contribution in [3.8, 4) is 5.75 Å². The fraction of sp³-hybridized carbons (Fsp3) is 0.361. The number of amides is 3. The zero-order valence-electron chi connectivity index (χ0n) is 26.9. The van der Waals surface area contributed by atoms with Gasteiger partial charge in [0.2, 0.25) is 5.91 Å². The van der Waals surface area contributed by atoms with Crippen LogP contribution in [-0.4, -0.2) is 75.3 Å². The summed E-state index contributed by atoms with van der Waals surface area (Å²) in [5, 5.41) is 33.6. The summed E-state index contributed by atoms with van der Waals surface area (Å²) in [7, 11) is 0. The predicted molar refractivity (Wildman–Crippen MR) is 178 cm³/mol. The Morgan fingerprint density at radius 3 is 2.00 bits per heavy atom. The average molecular weight is 662 g/mol. The van der Waals surface area contributed by atoms with Crippen LogP contribution in [0.1, 0.15) is 61.6 Å². The van der Waals surface area contributed by atoms with Gasteiger partial charge in [0.1, 0.15) is 11.8 Å². The molecule has 0 spiro atoms. The second kappa shape index (κ2) is 19.3. The molecule has 12 heteroatoms. The fourth-order valence-electron chi connectivity index (χ4n) is 5.13. The van der Waals surface area contributed by atoms with E-state index in [-0.39, 0.29) is 43.5 Å². The number of urea groups is 1. The Balaban J connectivity index is 1.82. The highest BCUT2D eigenvalue weighted by molar-refractivity contribution is 5.96. The summed E-state index contributed by atoms with van der Waals surface area (Å²) in [6.45, 7) is 2.93. The number of ether oxygens (including phenoxy) is 1. The second-order valence-electron chi connectivity index (χ2n) is 11.4. The lowest BCUT2D eigenvalue weighted by molar-refractivity contribution is -0.159. The lowest BCUT2D eigenvalue weighted by Crippen LogP contribution is -2.52. The molecule has 0 aliphatic heterocycles. The van der Waals surface area contributed by atoms with Crippen LogP contribution in [0.5, 0.6) is 5.75 Å². The van der Waals surface area contributed by atoms with Gasteiger partial charge in [-0.25, -0.2) is 14.4 Å². The van der Waals surface area contributed by atoms with Crippen LogP contribution >= 0.6 is 0 Å². The molecule has 0 aliphatic rings. The highest BCUT2D eigenvalue weighted by Gasteiger charge is 2.29. The molecule has 1 unspecified atom stereocenters.